The molecule has 1 amide bonds. The SMILES string of the molecule is NC1(C(=O)N2CCS(=O)(=O)CC2)CCOCC1. The van der Waals surface area contributed by atoms with Crippen LogP contribution < -0.4 is 5.73 Å². The Hall–Kier alpha value is -0.660. The zero-order valence-corrected chi connectivity index (χ0v) is 10.5. The van der Waals surface area contributed by atoms with Crippen LogP contribution >= 0.6 is 0 Å². The number of hydrogen-bond acceptors (Lipinski definition) is 5. The van der Waals surface area contributed by atoms with Crippen molar-refractivity contribution in [1.29, 1.82) is 0 Å². The van der Waals surface area contributed by atoms with Gasteiger partial charge in [0, 0.05) is 26.3 Å². The van der Waals surface area contributed by atoms with Crippen molar-refractivity contribution in [2.75, 3.05) is 37.8 Å². The van der Waals surface area contributed by atoms with Crippen LogP contribution in [-0.2, 0) is 19.4 Å². The topological polar surface area (TPSA) is 89.7 Å². The number of amides is 1. The van der Waals surface area contributed by atoms with Crippen molar-refractivity contribution in [3.8, 4) is 0 Å². The number of ether oxygens (including phenoxy) is 1. The molecule has 0 atom stereocenters. The molecule has 7 heteroatoms. The van der Waals surface area contributed by atoms with Gasteiger partial charge in [-0.1, -0.05) is 0 Å². The average Bonchev–Trinajstić information content (AvgIpc) is 2.29. The van der Waals surface area contributed by atoms with Crippen LogP contribution in [0.2, 0.25) is 0 Å². The van der Waals surface area contributed by atoms with Gasteiger partial charge in [0.05, 0.1) is 17.0 Å². The van der Waals surface area contributed by atoms with Gasteiger partial charge in [0.1, 0.15) is 0 Å². The van der Waals surface area contributed by atoms with Crippen LogP contribution in [0.4, 0.5) is 0 Å². The fraction of sp³-hybridized carbons (Fsp3) is 0.900. The fourth-order valence-electron chi connectivity index (χ4n) is 2.18. The molecule has 0 aliphatic carbocycles. The third-order valence-corrected chi connectivity index (χ3v) is 5.05. The van der Waals surface area contributed by atoms with Gasteiger partial charge in [0.2, 0.25) is 5.91 Å². The summed E-state index contributed by atoms with van der Waals surface area (Å²) < 4.78 is 27.8. The first-order chi connectivity index (χ1) is 7.93. The molecule has 2 heterocycles. The molecule has 17 heavy (non-hydrogen) atoms. The Morgan fingerprint density at radius 1 is 1.18 bits per heavy atom. The van der Waals surface area contributed by atoms with Gasteiger partial charge in [-0.2, -0.15) is 0 Å². The lowest BCUT2D eigenvalue weighted by Crippen LogP contribution is -2.60. The third kappa shape index (κ3) is 2.78. The number of sulfone groups is 1. The monoisotopic (exact) mass is 262 g/mol. The van der Waals surface area contributed by atoms with E-state index in [1.165, 1.54) is 0 Å². The molecule has 2 aliphatic heterocycles. The highest BCUT2D eigenvalue weighted by Crippen LogP contribution is 2.21. The largest absolute Gasteiger partial charge is 0.381 e. The highest BCUT2D eigenvalue weighted by atomic mass is 32.2. The second kappa shape index (κ2) is 4.55. The van der Waals surface area contributed by atoms with E-state index in [0.717, 1.165) is 0 Å². The minimum Gasteiger partial charge on any atom is -0.381 e. The lowest BCUT2D eigenvalue weighted by molar-refractivity contribution is -0.140. The molecule has 0 bridgehead atoms. The summed E-state index contributed by atoms with van der Waals surface area (Å²) in [4.78, 5) is 13.8. The summed E-state index contributed by atoms with van der Waals surface area (Å²) in [6.07, 6.45) is 1.02. The second-order valence-electron chi connectivity index (χ2n) is 4.71. The van der Waals surface area contributed by atoms with Gasteiger partial charge >= 0.3 is 0 Å². The highest BCUT2D eigenvalue weighted by molar-refractivity contribution is 7.91. The molecule has 0 spiro atoms. The first-order valence-electron chi connectivity index (χ1n) is 5.79. The molecule has 2 aliphatic rings. The fourth-order valence-corrected chi connectivity index (χ4v) is 3.38. The maximum Gasteiger partial charge on any atom is 0.242 e. The van der Waals surface area contributed by atoms with Crippen molar-refractivity contribution in [3.05, 3.63) is 0 Å². The molecular weight excluding hydrogens is 244 g/mol. The van der Waals surface area contributed by atoms with E-state index in [4.69, 9.17) is 10.5 Å². The van der Waals surface area contributed by atoms with Crippen LogP contribution in [0.25, 0.3) is 0 Å². The lowest BCUT2D eigenvalue weighted by atomic mass is 9.89. The summed E-state index contributed by atoms with van der Waals surface area (Å²) in [5, 5.41) is 0. The maximum atomic E-state index is 12.2. The minimum absolute atomic E-state index is 0.0469. The smallest absolute Gasteiger partial charge is 0.242 e. The Morgan fingerprint density at radius 2 is 1.71 bits per heavy atom. The van der Waals surface area contributed by atoms with E-state index in [0.29, 0.717) is 26.1 Å². The summed E-state index contributed by atoms with van der Waals surface area (Å²) in [6, 6.07) is 0. The van der Waals surface area contributed by atoms with Crippen molar-refractivity contribution in [1.82, 2.24) is 4.90 Å². The molecule has 2 rings (SSSR count). The maximum absolute atomic E-state index is 12.2. The first kappa shape index (κ1) is 12.8. The Balaban J connectivity index is 2.01. The van der Waals surface area contributed by atoms with Crippen molar-refractivity contribution in [2.45, 2.75) is 18.4 Å². The number of rotatable bonds is 1. The van der Waals surface area contributed by atoms with Crippen LogP contribution in [-0.4, -0.2) is 62.6 Å². The van der Waals surface area contributed by atoms with Crippen molar-refractivity contribution >= 4 is 15.7 Å². The third-order valence-electron chi connectivity index (χ3n) is 3.44. The van der Waals surface area contributed by atoms with Crippen LogP contribution in [0, 0.1) is 0 Å². The molecule has 2 N–H and O–H groups in total. The Bertz CT molecular complexity index is 387. The van der Waals surface area contributed by atoms with Gasteiger partial charge in [0.15, 0.2) is 9.84 Å². The van der Waals surface area contributed by atoms with Gasteiger partial charge in [0.25, 0.3) is 0 Å². The minimum atomic E-state index is -2.96. The molecule has 2 fully saturated rings. The molecule has 6 nitrogen and oxygen atoms in total. The molecule has 0 aromatic heterocycles. The van der Waals surface area contributed by atoms with E-state index >= 15 is 0 Å². The summed E-state index contributed by atoms with van der Waals surface area (Å²) in [5.41, 5.74) is 5.22. The molecule has 98 valence electrons. The van der Waals surface area contributed by atoms with Gasteiger partial charge in [-0.25, -0.2) is 8.42 Å². The highest BCUT2D eigenvalue weighted by Gasteiger charge is 2.40. The normalized spacial score (nSPS) is 27.7. The van der Waals surface area contributed by atoms with Gasteiger partial charge in [-0.15, -0.1) is 0 Å². The van der Waals surface area contributed by atoms with Crippen LogP contribution in [0.3, 0.4) is 0 Å². The summed E-state index contributed by atoms with van der Waals surface area (Å²) >= 11 is 0. The summed E-state index contributed by atoms with van der Waals surface area (Å²) in [6.45, 7) is 1.52. The van der Waals surface area contributed by atoms with Gasteiger partial charge in [-0.3, -0.25) is 4.79 Å². The molecule has 0 aromatic rings. The average molecular weight is 262 g/mol. The van der Waals surface area contributed by atoms with E-state index in [1.54, 1.807) is 4.90 Å². The van der Waals surface area contributed by atoms with Crippen molar-refractivity contribution < 1.29 is 17.9 Å². The summed E-state index contributed by atoms with van der Waals surface area (Å²) in [7, 11) is -2.96. The Kier molecular flexibility index (Phi) is 3.42. The molecule has 2 saturated heterocycles. The van der Waals surface area contributed by atoms with Crippen LogP contribution in [0.1, 0.15) is 12.8 Å². The van der Waals surface area contributed by atoms with E-state index in [1.807, 2.05) is 0 Å². The predicted molar refractivity (Wildman–Crippen MR) is 62.2 cm³/mol. The van der Waals surface area contributed by atoms with E-state index in [-0.39, 0.29) is 30.5 Å². The zero-order valence-electron chi connectivity index (χ0n) is 9.72. The summed E-state index contributed by atoms with van der Waals surface area (Å²) in [5.74, 6) is -0.0351. The number of nitrogens with two attached hydrogens (primary N) is 1. The number of nitrogens with zero attached hydrogens (tertiary/aromatic N) is 1. The van der Waals surface area contributed by atoms with E-state index < -0.39 is 15.4 Å². The number of carbonyl (C=O) groups excluding carboxylic acids is 1. The van der Waals surface area contributed by atoms with Gasteiger partial charge in [-0.05, 0) is 12.8 Å². The van der Waals surface area contributed by atoms with Crippen molar-refractivity contribution in [3.63, 3.8) is 0 Å². The molecule has 0 saturated carbocycles. The molecule has 0 unspecified atom stereocenters. The lowest BCUT2D eigenvalue weighted by Gasteiger charge is -2.38. The Labute approximate surface area is 101 Å². The zero-order chi connectivity index (χ0) is 12.5. The second-order valence-corrected chi connectivity index (χ2v) is 7.02. The first-order valence-corrected chi connectivity index (χ1v) is 7.62. The molecule has 0 aromatic carbocycles. The quantitative estimate of drug-likeness (QED) is 0.638. The predicted octanol–water partition coefficient (Wildman–Crippen LogP) is -1.25. The standard InChI is InChI=1S/C10H18N2O4S/c11-10(1-5-16-6-2-10)9(13)12-3-7-17(14,15)8-4-12/h1-8,11H2. The van der Waals surface area contributed by atoms with E-state index in [9.17, 15) is 13.2 Å². The Morgan fingerprint density at radius 3 is 2.24 bits per heavy atom. The molecule has 0 radical (unpaired) electrons. The number of carbonyl (C=O) groups is 1. The van der Waals surface area contributed by atoms with Crippen LogP contribution in [0.15, 0.2) is 0 Å². The number of hydrogen-bond donors (Lipinski definition) is 1. The van der Waals surface area contributed by atoms with Crippen LogP contribution in [0.5, 0.6) is 0 Å². The molecular formula is C10H18N2O4S. The van der Waals surface area contributed by atoms with Crippen molar-refractivity contribution in [2.24, 2.45) is 5.73 Å². The van der Waals surface area contributed by atoms with E-state index in [2.05, 4.69) is 0 Å². The van der Waals surface area contributed by atoms with Gasteiger partial charge < -0.3 is 15.4 Å².